The lowest BCUT2D eigenvalue weighted by molar-refractivity contribution is -0.178. The van der Waals surface area contributed by atoms with E-state index in [0.29, 0.717) is 32.7 Å². The average Bonchev–Trinajstić information content (AvgIpc) is 3.10. The molecule has 1 aliphatic heterocycles. The lowest BCUT2D eigenvalue weighted by atomic mass is 10.2. The van der Waals surface area contributed by atoms with Crippen molar-refractivity contribution in [1.82, 2.24) is 9.80 Å². The van der Waals surface area contributed by atoms with Gasteiger partial charge >= 0.3 is 6.18 Å². The third-order valence-corrected chi connectivity index (χ3v) is 5.49. The van der Waals surface area contributed by atoms with E-state index in [9.17, 15) is 22.4 Å². The number of hydrogen-bond donors (Lipinski definition) is 0. The summed E-state index contributed by atoms with van der Waals surface area (Å²) in [6.45, 7) is 0.932. The van der Waals surface area contributed by atoms with Crippen molar-refractivity contribution in [2.75, 3.05) is 39.4 Å². The van der Waals surface area contributed by atoms with Gasteiger partial charge in [0.25, 0.3) is 0 Å². The fourth-order valence-corrected chi connectivity index (χ4v) is 4.03. The van der Waals surface area contributed by atoms with Crippen molar-refractivity contribution in [3.8, 4) is 10.4 Å². The van der Waals surface area contributed by atoms with Crippen LogP contribution < -0.4 is 0 Å². The molecule has 3 rings (SSSR count). The number of halogens is 4. The van der Waals surface area contributed by atoms with Gasteiger partial charge in [0.2, 0.25) is 5.91 Å². The van der Waals surface area contributed by atoms with Gasteiger partial charge in [-0.3, -0.25) is 9.69 Å². The van der Waals surface area contributed by atoms with Gasteiger partial charge in [0, 0.05) is 42.5 Å². The van der Waals surface area contributed by atoms with Gasteiger partial charge in [-0.05, 0) is 29.8 Å². The highest BCUT2D eigenvalue weighted by Crippen LogP contribution is 2.29. The Hall–Kier alpha value is -1.97. The lowest BCUT2D eigenvalue weighted by Crippen LogP contribution is -2.49. The van der Waals surface area contributed by atoms with E-state index in [1.54, 1.807) is 17.4 Å². The van der Waals surface area contributed by atoms with Crippen LogP contribution in [0.2, 0.25) is 0 Å². The van der Waals surface area contributed by atoms with Gasteiger partial charge in [0.05, 0.1) is 0 Å². The zero-order valence-electron chi connectivity index (χ0n) is 15.0. The first-order valence-corrected chi connectivity index (χ1v) is 9.61. The van der Waals surface area contributed by atoms with E-state index in [-0.39, 0.29) is 5.82 Å². The van der Waals surface area contributed by atoms with Crippen molar-refractivity contribution in [1.29, 1.82) is 0 Å². The van der Waals surface area contributed by atoms with Crippen LogP contribution in [0.4, 0.5) is 17.6 Å². The molecule has 0 N–H and O–H groups in total. The fourth-order valence-electron chi connectivity index (χ4n) is 2.98. The number of thiophene rings is 1. The van der Waals surface area contributed by atoms with Crippen molar-refractivity contribution in [2.45, 2.75) is 12.7 Å². The van der Waals surface area contributed by atoms with Gasteiger partial charge < -0.3 is 9.64 Å². The van der Waals surface area contributed by atoms with Crippen LogP contribution in [0.5, 0.6) is 0 Å². The Bertz CT molecular complexity index is 801. The first-order valence-electron chi connectivity index (χ1n) is 8.79. The van der Waals surface area contributed by atoms with E-state index >= 15 is 0 Å². The summed E-state index contributed by atoms with van der Waals surface area (Å²) in [5.74, 6) is -0.694. The molecular weight excluding hydrogens is 396 g/mol. The Morgan fingerprint density at radius 3 is 2.54 bits per heavy atom. The van der Waals surface area contributed by atoms with Gasteiger partial charge in [0.15, 0.2) is 0 Å². The zero-order valence-corrected chi connectivity index (χ0v) is 15.9. The summed E-state index contributed by atoms with van der Waals surface area (Å²) in [5, 5.41) is 0. The second-order valence-electron chi connectivity index (χ2n) is 6.54. The second-order valence-corrected chi connectivity index (χ2v) is 7.71. The zero-order chi connectivity index (χ0) is 20.1. The van der Waals surface area contributed by atoms with Crippen LogP contribution in [0, 0.1) is 5.82 Å². The Morgan fingerprint density at radius 2 is 1.86 bits per heavy atom. The molecule has 1 aliphatic rings. The highest BCUT2D eigenvalue weighted by atomic mass is 32.1. The number of amides is 1. The van der Waals surface area contributed by atoms with Crippen molar-refractivity contribution < 1.29 is 27.1 Å². The summed E-state index contributed by atoms with van der Waals surface area (Å²) in [6, 6.07) is 10.4. The van der Waals surface area contributed by atoms with Crippen LogP contribution in [0.25, 0.3) is 10.4 Å². The summed E-state index contributed by atoms with van der Waals surface area (Å²) >= 11 is 1.59. The van der Waals surface area contributed by atoms with Gasteiger partial charge in [-0.25, -0.2) is 4.39 Å². The molecule has 1 fully saturated rings. The average molecular weight is 416 g/mol. The Kier molecular flexibility index (Phi) is 6.69. The standard InChI is InChI=1S/C19H20F4N2O2S/c20-15-3-1-2-14(10-15)17-5-4-16(28-17)11-24-6-8-25(9-7-24)18(26)12-27-13-19(21,22)23/h1-5,10H,6-9,11-13H2. The molecule has 152 valence electrons. The molecule has 0 atom stereocenters. The third kappa shape index (κ3) is 6.02. The monoisotopic (exact) mass is 416 g/mol. The van der Waals surface area contributed by atoms with Gasteiger partial charge in [0.1, 0.15) is 19.0 Å². The minimum absolute atomic E-state index is 0.271. The molecule has 0 spiro atoms. The Balaban J connectivity index is 1.45. The third-order valence-electron chi connectivity index (χ3n) is 4.37. The molecule has 0 unspecified atom stereocenters. The number of carbonyl (C=O) groups excluding carboxylic acids is 1. The molecule has 28 heavy (non-hydrogen) atoms. The van der Waals surface area contributed by atoms with Crippen molar-refractivity contribution >= 4 is 17.2 Å². The van der Waals surface area contributed by atoms with Crippen LogP contribution in [0.1, 0.15) is 4.88 Å². The van der Waals surface area contributed by atoms with Crippen molar-refractivity contribution in [2.24, 2.45) is 0 Å². The minimum Gasteiger partial charge on any atom is -0.362 e. The SMILES string of the molecule is O=C(COCC(F)(F)F)N1CCN(Cc2ccc(-c3cccc(F)c3)s2)CC1. The minimum atomic E-state index is -4.43. The van der Waals surface area contributed by atoms with Crippen molar-refractivity contribution in [3.05, 3.63) is 47.1 Å². The molecule has 1 aromatic carbocycles. The van der Waals surface area contributed by atoms with Crippen LogP contribution in [0.3, 0.4) is 0 Å². The summed E-state index contributed by atoms with van der Waals surface area (Å²) < 4.78 is 54.0. The predicted molar refractivity (Wildman–Crippen MR) is 98.4 cm³/mol. The van der Waals surface area contributed by atoms with E-state index in [1.165, 1.54) is 17.0 Å². The molecule has 1 aromatic heterocycles. The number of benzene rings is 1. The molecule has 0 saturated carbocycles. The molecular formula is C19H20F4N2O2S. The number of nitrogens with zero attached hydrogens (tertiary/aromatic N) is 2. The molecule has 0 bridgehead atoms. The van der Waals surface area contributed by atoms with E-state index in [1.807, 2.05) is 18.2 Å². The molecule has 2 heterocycles. The Morgan fingerprint density at radius 1 is 1.11 bits per heavy atom. The molecule has 0 radical (unpaired) electrons. The largest absolute Gasteiger partial charge is 0.411 e. The molecule has 2 aromatic rings. The smallest absolute Gasteiger partial charge is 0.362 e. The van der Waals surface area contributed by atoms with Gasteiger partial charge in [-0.2, -0.15) is 13.2 Å². The maximum Gasteiger partial charge on any atom is 0.411 e. The summed E-state index contributed by atoms with van der Waals surface area (Å²) in [4.78, 5) is 17.8. The molecule has 1 saturated heterocycles. The van der Waals surface area contributed by atoms with Crippen molar-refractivity contribution in [3.63, 3.8) is 0 Å². The highest BCUT2D eigenvalue weighted by Gasteiger charge is 2.29. The number of rotatable bonds is 6. The second kappa shape index (κ2) is 9.02. The van der Waals surface area contributed by atoms with E-state index in [0.717, 1.165) is 15.3 Å². The fraction of sp³-hybridized carbons (Fsp3) is 0.421. The highest BCUT2D eigenvalue weighted by molar-refractivity contribution is 7.15. The lowest BCUT2D eigenvalue weighted by Gasteiger charge is -2.34. The maximum atomic E-state index is 13.4. The predicted octanol–water partition coefficient (Wildman–Crippen LogP) is 3.78. The number of ether oxygens (including phenoxy) is 1. The first-order chi connectivity index (χ1) is 13.3. The number of carbonyl (C=O) groups is 1. The molecule has 1 amide bonds. The molecule has 0 aliphatic carbocycles. The number of hydrogen-bond acceptors (Lipinski definition) is 4. The van der Waals surface area contributed by atoms with E-state index in [2.05, 4.69) is 9.64 Å². The molecule has 9 heteroatoms. The van der Waals surface area contributed by atoms with Crippen LogP contribution in [0.15, 0.2) is 36.4 Å². The van der Waals surface area contributed by atoms with Gasteiger partial charge in [-0.15, -0.1) is 11.3 Å². The van der Waals surface area contributed by atoms with E-state index < -0.39 is 25.3 Å². The van der Waals surface area contributed by atoms with Crippen LogP contribution >= 0.6 is 11.3 Å². The van der Waals surface area contributed by atoms with E-state index in [4.69, 9.17) is 0 Å². The van der Waals surface area contributed by atoms with Gasteiger partial charge in [-0.1, -0.05) is 12.1 Å². The number of piperazine rings is 1. The van der Waals surface area contributed by atoms with Crippen LogP contribution in [-0.4, -0.2) is 61.3 Å². The quantitative estimate of drug-likeness (QED) is 0.672. The molecule has 4 nitrogen and oxygen atoms in total. The van der Waals surface area contributed by atoms with Crippen LogP contribution in [-0.2, 0) is 16.1 Å². The summed E-state index contributed by atoms with van der Waals surface area (Å²) in [5.41, 5.74) is 0.838. The Labute approximate surface area is 164 Å². The number of alkyl halides is 3. The topological polar surface area (TPSA) is 32.8 Å². The first kappa shape index (κ1) is 20.8. The maximum absolute atomic E-state index is 13.4. The normalized spacial score (nSPS) is 15.8. The summed E-state index contributed by atoms with van der Waals surface area (Å²) in [7, 11) is 0. The summed E-state index contributed by atoms with van der Waals surface area (Å²) in [6.07, 6.45) is -4.43.